The number of nitrogens with zero attached hydrogens (tertiary/aromatic N) is 1. The van der Waals surface area contributed by atoms with Crippen molar-refractivity contribution in [2.45, 2.75) is 29.8 Å². The van der Waals surface area contributed by atoms with Gasteiger partial charge in [0.1, 0.15) is 0 Å². The average Bonchev–Trinajstić information content (AvgIpc) is 2.79. The maximum atomic E-state index is 12.9. The van der Waals surface area contributed by atoms with Crippen molar-refractivity contribution in [2.75, 3.05) is 17.8 Å². The summed E-state index contributed by atoms with van der Waals surface area (Å²) in [4.78, 5) is 15.7. The highest BCUT2D eigenvalue weighted by Crippen LogP contribution is 2.29. The van der Waals surface area contributed by atoms with Crippen LogP contribution in [0.25, 0.3) is 0 Å². The van der Waals surface area contributed by atoms with E-state index in [-0.39, 0.29) is 5.91 Å². The predicted octanol–water partition coefficient (Wildman–Crippen LogP) is 5.67. The highest BCUT2D eigenvalue weighted by Gasteiger charge is 2.34. The summed E-state index contributed by atoms with van der Waals surface area (Å²) in [5.41, 5.74) is 1.93. The lowest BCUT2D eigenvalue weighted by Crippen LogP contribution is -2.47. The van der Waals surface area contributed by atoms with Crippen LogP contribution >= 0.6 is 23.5 Å². The van der Waals surface area contributed by atoms with E-state index in [0.717, 1.165) is 16.1 Å². The zero-order valence-corrected chi connectivity index (χ0v) is 18.7. The van der Waals surface area contributed by atoms with Crippen molar-refractivity contribution in [1.82, 2.24) is 4.90 Å². The molecule has 160 valence electrons. The summed E-state index contributed by atoms with van der Waals surface area (Å²) in [6.07, 6.45) is 1.79. The van der Waals surface area contributed by atoms with Crippen LogP contribution in [0.5, 0.6) is 0 Å². The molecule has 3 aromatic rings. The number of nitrogens with one attached hydrogen (secondary N) is 1. The van der Waals surface area contributed by atoms with E-state index in [4.69, 9.17) is 11.6 Å². The molecule has 4 rings (SSSR count). The van der Waals surface area contributed by atoms with Crippen molar-refractivity contribution in [3.63, 3.8) is 0 Å². The number of aliphatic hydroxyl groups is 1. The zero-order valence-electron chi connectivity index (χ0n) is 17.1. The first-order chi connectivity index (χ1) is 15.0. The number of carbonyl (C=O) groups is 1. The van der Waals surface area contributed by atoms with E-state index in [1.165, 1.54) is 11.9 Å². The lowest BCUT2D eigenvalue weighted by atomic mass is 9.85. The van der Waals surface area contributed by atoms with Gasteiger partial charge in [-0.15, -0.1) is 0 Å². The van der Waals surface area contributed by atoms with Crippen molar-refractivity contribution in [2.24, 2.45) is 0 Å². The molecule has 1 aliphatic heterocycles. The second kappa shape index (κ2) is 9.77. The second-order valence-electron chi connectivity index (χ2n) is 7.89. The summed E-state index contributed by atoms with van der Waals surface area (Å²) >= 11 is 7.62. The van der Waals surface area contributed by atoms with Gasteiger partial charge >= 0.3 is 0 Å². The van der Waals surface area contributed by atoms with Gasteiger partial charge in [-0.3, -0.25) is 4.79 Å². The van der Waals surface area contributed by atoms with E-state index < -0.39 is 5.60 Å². The SMILES string of the molecule is O=C(c1ccc(NSc2ccccc2Cl)cc1)N1CCC(O)(Cc2ccccc2)CC1. The number of amides is 1. The van der Waals surface area contributed by atoms with Gasteiger partial charge in [0.15, 0.2) is 0 Å². The molecule has 6 heteroatoms. The summed E-state index contributed by atoms with van der Waals surface area (Å²) in [7, 11) is 0. The molecule has 0 bridgehead atoms. The maximum Gasteiger partial charge on any atom is 0.253 e. The third-order valence-corrected chi connectivity index (χ3v) is 6.96. The number of rotatable bonds is 6. The zero-order chi connectivity index (χ0) is 21.7. The van der Waals surface area contributed by atoms with Crippen LogP contribution in [-0.4, -0.2) is 34.6 Å². The van der Waals surface area contributed by atoms with Crippen molar-refractivity contribution in [3.8, 4) is 0 Å². The lowest BCUT2D eigenvalue weighted by Gasteiger charge is -2.38. The number of carbonyl (C=O) groups excluding carboxylic acids is 1. The van der Waals surface area contributed by atoms with Gasteiger partial charge in [0.25, 0.3) is 5.91 Å². The van der Waals surface area contributed by atoms with E-state index in [2.05, 4.69) is 4.72 Å². The Morgan fingerprint density at radius 3 is 2.29 bits per heavy atom. The number of likely N-dealkylation sites (tertiary alicyclic amines) is 1. The Hall–Kier alpha value is -2.47. The Balaban J connectivity index is 1.31. The van der Waals surface area contributed by atoms with Crippen molar-refractivity contribution in [3.05, 3.63) is 95.0 Å². The fourth-order valence-electron chi connectivity index (χ4n) is 3.78. The molecule has 1 fully saturated rings. The molecular formula is C25H25ClN2O2S. The predicted molar refractivity (Wildman–Crippen MR) is 128 cm³/mol. The Labute approximate surface area is 192 Å². The Kier molecular flexibility index (Phi) is 6.86. The van der Waals surface area contributed by atoms with E-state index in [0.29, 0.717) is 42.9 Å². The molecule has 0 atom stereocenters. The molecular weight excluding hydrogens is 428 g/mol. The first-order valence-corrected chi connectivity index (χ1v) is 11.5. The first kappa shape index (κ1) is 21.8. The Bertz CT molecular complexity index is 1020. The summed E-state index contributed by atoms with van der Waals surface area (Å²) < 4.78 is 3.26. The molecule has 1 amide bonds. The lowest BCUT2D eigenvalue weighted by molar-refractivity contribution is -0.0162. The smallest absolute Gasteiger partial charge is 0.253 e. The molecule has 4 nitrogen and oxygen atoms in total. The van der Waals surface area contributed by atoms with Crippen molar-refractivity contribution >= 4 is 35.1 Å². The molecule has 0 spiro atoms. The van der Waals surface area contributed by atoms with Gasteiger partial charge < -0.3 is 14.7 Å². The molecule has 0 radical (unpaired) electrons. The quantitative estimate of drug-likeness (QED) is 0.473. The Morgan fingerprint density at radius 2 is 1.61 bits per heavy atom. The van der Waals surface area contributed by atoms with E-state index in [9.17, 15) is 9.90 Å². The number of piperidine rings is 1. The molecule has 0 unspecified atom stereocenters. The molecule has 31 heavy (non-hydrogen) atoms. The molecule has 2 N–H and O–H groups in total. The number of hydrogen-bond donors (Lipinski definition) is 2. The van der Waals surface area contributed by atoms with Crippen molar-refractivity contribution < 1.29 is 9.90 Å². The van der Waals surface area contributed by atoms with Gasteiger partial charge in [-0.1, -0.05) is 54.1 Å². The molecule has 0 saturated carbocycles. The van der Waals surface area contributed by atoms with Crippen LogP contribution in [0.3, 0.4) is 0 Å². The summed E-state index contributed by atoms with van der Waals surface area (Å²) in [5, 5.41) is 11.6. The molecule has 0 aliphatic carbocycles. The normalized spacial score (nSPS) is 15.5. The summed E-state index contributed by atoms with van der Waals surface area (Å²) in [6.45, 7) is 1.12. The van der Waals surface area contributed by atoms with Crippen LogP contribution in [0.1, 0.15) is 28.8 Å². The summed E-state index contributed by atoms with van der Waals surface area (Å²) in [5.74, 6) is 0.00654. The number of anilines is 1. The van der Waals surface area contributed by atoms with Gasteiger partial charge in [-0.2, -0.15) is 0 Å². The highest BCUT2D eigenvalue weighted by atomic mass is 35.5. The first-order valence-electron chi connectivity index (χ1n) is 10.4. The minimum atomic E-state index is -0.748. The molecule has 1 aliphatic rings. The van der Waals surface area contributed by atoms with E-state index in [1.54, 1.807) is 0 Å². The molecule has 0 aromatic heterocycles. The minimum Gasteiger partial charge on any atom is -0.389 e. The van der Waals surface area contributed by atoms with Gasteiger partial charge in [0.2, 0.25) is 0 Å². The average molecular weight is 453 g/mol. The minimum absolute atomic E-state index is 0.00654. The van der Waals surface area contributed by atoms with Gasteiger partial charge in [-0.25, -0.2) is 0 Å². The second-order valence-corrected chi connectivity index (χ2v) is 9.15. The number of benzene rings is 3. The van der Waals surface area contributed by atoms with Gasteiger partial charge in [0.05, 0.1) is 10.6 Å². The molecule has 3 aromatic carbocycles. The van der Waals surface area contributed by atoms with Crippen LogP contribution in [-0.2, 0) is 6.42 Å². The highest BCUT2D eigenvalue weighted by molar-refractivity contribution is 8.00. The number of hydrogen-bond acceptors (Lipinski definition) is 4. The Morgan fingerprint density at radius 1 is 0.968 bits per heavy atom. The van der Waals surface area contributed by atoms with Crippen LogP contribution in [0.15, 0.2) is 83.8 Å². The maximum absolute atomic E-state index is 12.9. The fourth-order valence-corrected chi connectivity index (χ4v) is 4.71. The van der Waals surface area contributed by atoms with Crippen LogP contribution in [0, 0.1) is 0 Å². The van der Waals surface area contributed by atoms with Crippen molar-refractivity contribution in [1.29, 1.82) is 0 Å². The largest absolute Gasteiger partial charge is 0.389 e. The van der Waals surface area contributed by atoms with E-state index in [1.807, 2.05) is 83.8 Å². The van der Waals surface area contributed by atoms with Gasteiger partial charge in [-0.05, 0) is 66.8 Å². The summed E-state index contributed by atoms with van der Waals surface area (Å²) in [6, 6.07) is 25.1. The molecule has 1 saturated heterocycles. The third kappa shape index (κ3) is 5.62. The third-order valence-electron chi connectivity index (χ3n) is 5.60. The number of halogens is 1. The van der Waals surface area contributed by atoms with Gasteiger partial charge in [0, 0.05) is 35.7 Å². The monoisotopic (exact) mass is 452 g/mol. The molecule has 1 heterocycles. The fraction of sp³-hybridized carbons (Fsp3) is 0.240. The van der Waals surface area contributed by atoms with Crippen LogP contribution in [0.2, 0.25) is 5.02 Å². The van der Waals surface area contributed by atoms with Crippen LogP contribution in [0.4, 0.5) is 5.69 Å². The van der Waals surface area contributed by atoms with Crippen LogP contribution < -0.4 is 4.72 Å². The van der Waals surface area contributed by atoms with E-state index >= 15 is 0 Å². The standard InChI is InChI=1S/C25H25ClN2O2S/c26-22-8-4-5-9-23(22)31-27-21-12-10-20(11-13-21)24(29)28-16-14-25(30,15-17-28)18-19-6-2-1-3-7-19/h1-13,27,30H,14-18H2. The topological polar surface area (TPSA) is 52.6 Å².